The van der Waals surface area contributed by atoms with Gasteiger partial charge in [0.1, 0.15) is 46.9 Å². The molecule has 1 fully saturated rings. The number of hydrogen-bond acceptors (Lipinski definition) is 12. The molecular weight excluding hydrogens is 504 g/mol. The Labute approximate surface area is 205 Å². The molecular formula is C19H19ClN8O4S2. The summed E-state index contributed by atoms with van der Waals surface area (Å²) < 4.78 is 7.20. The number of aromatic amines is 1. The van der Waals surface area contributed by atoms with Gasteiger partial charge in [0.05, 0.1) is 17.8 Å². The van der Waals surface area contributed by atoms with Crippen LogP contribution >= 0.6 is 34.7 Å². The van der Waals surface area contributed by atoms with Gasteiger partial charge in [0.25, 0.3) is 0 Å². The normalized spacial score (nSPS) is 25.0. The zero-order valence-electron chi connectivity index (χ0n) is 17.3. The Morgan fingerprint density at radius 2 is 2.12 bits per heavy atom. The van der Waals surface area contributed by atoms with E-state index < -0.39 is 36.4 Å². The van der Waals surface area contributed by atoms with Crippen molar-refractivity contribution in [2.24, 2.45) is 0 Å². The van der Waals surface area contributed by atoms with Crippen LogP contribution < -0.4 is 5.73 Å². The summed E-state index contributed by atoms with van der Waals surface area (Å²) in [5, 5.41) is 42.6. The number of rotatable bonds is 6. The summed E-state index contributed by atoms with van der Waals surface area (Å²) in [5.41, 5.74) is 6.28. The minimum absolute atomic E-state index is 0.384. The number of thiazole rings is 1. The topological polar surface area (TPSA) is 181 Å². The second kappa shape index (κ2) is 9.58. The van der Waals surface area contributed by atoms with E-state index in [0.717, 1.165) is 11.8 Å². The van der Waals surface area contributed by atoms with Crippen LogP contribution in [0.4, 0.5) is 5.13 Å². The van der Waals surface area contributed by atoms with Gasteiger partial charge in [-0.2, -0.15) is 0 Å². The molecule has 4 aromatic rings. The van der Waals surface area contributed by atoms with Crippen molar-refractivity contribution >= 4 is 39.8 Å². The summed E-state index contributed by atoms with van der Waals surface area (Å²) in [6.45, 7) is -0.468. The lowest BCUT2D eigenvalue weighted by Gasteiger charge is -2.41. The lowest BCUT2D eigenvalue weighted by atomic mass is 9.97. The Hall–Kier alpha value is -2.59. The second-order valence-corrected chi connectivity index (χ2v) is 9.87. The van der Waals surface area contributed by atoms with Gasteiger partial charge in [-0.15, -0.1) is 16.4 Å². The summed E-state index contributed by atoms with van der Waals surface area (Å²) >= 11 is 8.58. The van der Waals surface area contributed by atoms with Crippen LogP contribution in [0.1, 0.15) is 6.04 Å². The number of aromatic nitrogens is 7. The maximum Gasteiger partial charge on any atom is 0.180 e. The Morgan fingerprint density at radius 1 is 1.26 bits per heavy atom. The van der Waals surface area contributed by atoms with Gasteiger partial charge in [0.2, 0.25) is 0 Å². The van der Waals surface area contributed by atoms with E-state index in [0.29, 0.717) is 38.0 Å². The van der Waals surface area contributed by atoms with Gasteiger partial charge in [-0.1, -0.05) is 28.6 Å². The van der Waals surface area contributed by atoms with E-state index in [2.05, 4.69) is 30.2 Å². The van der Waals surface area contributed by atoms with Gasteiger partial charge in [0, 0.05) is 28.9 Å². The smallest absolute Gasteiger partial charge is 0.180 e. The number of thioether (sulfide) groups is 1. The highest BCUT2D eigenvalue weighted by Gasteiger charge is 2.46. The first-order chi connectivity index (χ1) is 16.4. The fourth-order valence-corrected chi connectivity index (χ4v) is 5.62. The average molecular weight is 523 g/mol. The Bertz CT molecular complexity index is 1270. The number of anilines is 1. The van der Waals surface area contributed by atoms with E-state index in [4.69, 9.17) is 22.1 Å². The third-order valence-corrected chi connectivity index (χ3v) is 7.30. The number of hydrogen-bond donors (Lipinski definition) is 5. The lowest BCUT2D eigenvalue weighted by Crippen LogP contribution is -2.55. The molecule has 0 aromatic carbocycles. The van der Waals surface area contributed by atoms with Gasteiger partial charge in [-0.3, -0.25) is 4.98 Å². The molecule has 0 amide bonds. The molecule has 0 radical (unpaired) electrons. The molecule has 1 aliphatic rings. The zero-order valence-corrected chi connectivity index (χ0v) is 19.7. The fraction of sp³-hybridized carbons (Fsp3) is 0.316. The highest BCUT2D eigenvalue weighted by atomic mass is 35.5. The van der Waals surface area contributed by atoms with Crippen molar-refractivity contribution in [1.29, 1.82) is 0 Å². The van der Waals surface area contributed by atoms with Crippen molar-refractivity contribution in [2.45, 2.75) is 34.7 Å². The number of aliphatic hydroxyl groups is 3. The molecule has 15 heteroatoms. The van der Waals surface area contributed by atoms with Crippen molar-refractivity contribution in [2.75, 3.05) is 12.3 Å². The number of imidazole rings is 1. The predicted molar refractivity (Wildman–Crippen MR) is 125 cm³/mol. The van der Waals surface area contributed by atoms with Crippen molar-refractivity contribution < 1.29 is 20.1 Å². The van der Waals surface area contributed by atoms with Crippen LogP contribution in [0, 0.1) is 0 Å². The first-order valence-corrected chi connectivity index (χ1v) is 12.2. The van der Waals surface area contributed by atoms with Crippen molar-refractivity contribution in [3.8, 4) is 22.9 Å². The fourth-order valence-electron chi connectivity index (χ4n) is 3.63. The summed E-state index contributed by atoms with van der Waals surface area (Å²) in [6.07, 6.45) is 2.84. The third-order valence-electron chi connectivity index (χ3n) is 5.23. The molecule has 0 aliphatic carbocycles. The third kappa shape index (κ3) is 4.40. The van der Waals surface area contributed by atoms with Gasteiger partial charge in [0.15, 0.2) is 11.0 Å². The molecule has 34 heavy (non-hydrogen) atoms. The molecule has 12 nitrogen and oxygen atoms in total. The van der Waals surface area contributed by atoms with Crippen molar-refractivity contribution in [3.05, 3.63) is 41.3 Å². The highest BCUT2D eigenvalue weighted by Crippen LogP contribution is 2.41. The number of nitrogen functional groups attached to an aromatic ring is 1. The zero-order chi connectivity index (χ0) is 23.8. The molecule has 5 heterocycles. The molecule has 5 unspecified atom stereocenters. The van der Waals surface area contributed by atoms with Gasteiger partial charge in [-0.25, -0.2) is 14.6 Å². The highest BCUT2D eigenvalue weighted by molar-refractivity contribution is 8.00. The van der Waals surface area contributed by atoms with Gasteiger partial charge < -0.3 is 30.8 Å². The predicted octanol–water partition coefficient (Wildman–Crippen LogP) is 1.19. The number of aliphatic hydroxyl groups excluding tert-OH is 3. The molecule has 0 saturated carbocycles. The Morgan fingerprint density at radius 3 is 2.82 bits per heavy atom. The summed E-state index contributed by atoms with van der Waals surface area (Å²) in [5.74, 6) is 0.517. The molecule has 0 bridgehead atoms. The number of ether oxygens (including phenoxy) is 1. The summed E-state index contributed by atoms with van der Waals surface area (Å²) in [7, 11) is 0. The standard InChI is InChI=1S/C19H19ClN8O4S2/c20-8-3-12(13(24-4-8)17-22-1-2-23-17)34-18-16(31)14(15(30)11(6-29)32-18)28-5-9(26-27-28)10-7-33-19(21)25-10/h1-5,7,11,14-16,18,29-31H,6H2,(H2,21,25)(H,22,23). The lowest BCUT2D eigenvalue weighted by molar-refractivity contribution is -0.178. The van der Waals surface area contributed by atoms with Crippen molar-refractivity contribution in [1.82, 2.24) is 34.9 Å². The van der Waals surface area contributed by atoms with Crippen molar-refractivity contribution in [3.63, 3.8) is 0 Å². The first-order valence-electron chi connectivity index (χ1n) is 10.0. The minimum atomic E-state index is -1.26. The number of nitrogens with one attached hydrogen (secondary N) is 1. The number of pyridine rings is 1. The van der Waals surface area contributed by atoms with E-state index in [9.17, 15) is 15.3 Å². The molecule has 178 valence electrons. The van der Waals surface area contributed by atoms with E-state index in [1.54, 1.807) is 30.0 Å². The van der Waals surface area contributed by atoms with Gasteiger partial charge in [-0.05, 0) is 6.07 Å². The molecule has 1 saturated heterocycles. The molecule has 4 aromatic heterocycles. The van der Waals surface area contributed by atoms with Crippen LogP contribution in [0.3, 0.4) is 0 Å². The first kappa shape index (κ1) is 23.2. The van der Waals surface area contributed by atoms with Crippen LogP contribution in [0.5, 0.6) is 0 Å². The summed E-state index contributed by atoms with van der Waals surface area (Å²) in [4.78, 5) is 16.4. The van der Waals surface area contributed by atoms with E-state index in [1.807, 2.05) is 0 Å². The van der Waals surface area contributed by atoms with E-state index in [-0.39, 0.29) is 0 Å². The van der Waals surface area contributed by atoms with Crippen LogP contribution in [-0.2, 0) is 4.74 Å². The Kier molecular flexibility index (Phi) is 6.52. The van der Waals surface area contributed by atoms with Crippen LogP contribution in [-0.4, -0.2) is 80.6 Å². The molecule has 1 aliphatic heterocycles. The molecule has 6 N–H and O–H groups in total. The average Bonchev–Trinajstić information content (AvgIpc) is 3.58. The molecule has 5 rings (SSSR count). The Balaban J connectivity index is 1.46. The SMILES string of the molecule is Nc1nc(-c2cn(C3C(O)C(CO)OC(Sc4cc(Cl)cnc4-c4ncc[nH]4)C3O)nn2)cs1. The van der Waals surface area contributed by atoms with E-state index in [1.165, 1.54) is 22.2 Å². The molecule has 5 atom stereocenters. The number of halogens is 1. The van der Waals surface area contributed by atoms with Crippen LogP contribution in [0.25, 0.3) is 22.9 Å². The van der Waals surface area contributed by atoms with Crippen LogP contribution in [0.15, 0.2) is 41.1 Å². The molecule has 0 spiro atoms. The largest absolute Gasteiger partial charge is 0.394 e. The second-order valence-electron chi connectivity index (χ2n) is 7.41. The number of nitrogens with two attached hydrogens (primary N) is 1. The number of H-pyrrole nitrogens is 1. The minimum Gasteiger partial charge on any atom is -0.394 e. The van der Waals surface area contributed by atoms with E-state index >= 15 is 0 Å². The van der Waals surface area contributed by atoms with Crippen LogP contribution in [0.2, 0.25) is 5.02 Å². The summed E-state index contributed by atoms with van der Waals surface area (Å²) in [6, 6.07) is 0.723. The van der Waals surface area contributed by atoms with Gasteiger partial charge >= 0.3 is 0 Å². The quantitative estimate of drug-likeness (QED) is 0.245. The maximum absolute atomic E-state index is 11.2. The number of nitrogens with zero attached hydrogens (tertiary/aromatic N) is 6. The monoisotopic (exact) mass is 522 g/mol. The maximum atomic E-state index is 11.2.